The average molecular weight is 313 g/mol. The number of hydrogen-bond donors (Lipinski definition) is 1. The third-order valence-electron chi connectivity index (χ3n) is 4.39. The van der Waals surface area contributed by atoms with E-state index < -0.39 is 0 Å². The van der Waals surface area contributed by atoms with E-state index in [1.54, 1.807) is 0 Å². The lowest BCUT2D eigenvalue weighted by atomic mass is 10.0. The second-order valence-corrected chi connectivity index (χ2v) is 6.11. The van der Waals surface area contributed by atoms with Crippen LogP contribution in [0.1, 0.15) is 45.4 Å². The van der Waals surface area contributed by atoms with E-state index >= 15 is 0 Å². The molecule has 2 aliphatic rings. The Bertz CT molecular complexity index is 322. The number of esters is 1. The molecule has 1 N–H and O–H groups in total. The van der Waals surface area contributed by atoms with Crippen LogP contribution in [-0.4, -0.2) is 68.0 Å². The topological polar surface area (TPSA) is 54.0 Å². The second-order valence-electron chi connectivity index (χ2n) is 6.11. The Labute approximate surface area is 134 Å². The molecule has 0 bridgehead atoms. The molecule has 0 radical (unpaired) electrons. The molecule has 2 fully saturated rings. The summed E-state index contributed by atoms with van der Waals surface area (Å²) in [6, 6.07) is -0.0797. The standard InChI is InChI=1S/C16H31N3O3/c1-2-3-6-11-22-16(20)15-7-4-5-8-18(15)14-17-19-9-12-21-13-10-19/h15,17H,2-14H2,1H3/t15-/m0/s1. The van der Waals surface area contributed by atoms with Crippen molar-refractivity contribution in [1.29, 1.82) is 0 Å². The first-order valence-corrected chi connectivity index (χ1v) is 8.78. The first kappa shape index (κ1) is 17.7. The molecule has 2 saturated heterocycles. The number of nitrogens with one attached hydrogen (secondary N) is 1. The SMILES string of the molecule is CCCCCOC(=O)[C@@H]1CCCCN1CNN1CCOCC1. The van der Waals surface area contributed by atoms with Gasteiger partial charge >= 0.3 is 5.97 Å². The lowest BCUT2D eigenvalue weighted by Crippen LogP contribution is -2.54. The van der Waals surface area contributed by atoms with Gasteiger partial charge < -0.3 is 9.47 Å². The molecule has 0 amide bonds. The Balaban J connectivity index is 1.73. The minimum absolute atomic E-state index is 0.0421. The molecule has 6 heteroatoms. The maximum absolute atomic E-state index is 12.3. The van der Waals surface area contributed by atoms with Crippen molar-refractivity contribution in [2.45, 2.75) is 51.5 Å². The van der Waals surface area contributed by atoms with E-state index in [2.05, 4.69) is 22.3 Å². The number of morpholine rings is 1. The van der Waals surface area contributed by atoms with Crippen LogP contribution in [0.25, 0.3) is 0 Å². The molecule has 2 rings (SSSR count). The fourth-order valence-electron chi connectivity index (χ4n) is 2.98. The molecular weight excluding hydrogens is 282 g/mol. The van der Waals surface area contributed by atoms with E-state index in [0.717, 1.165) is 71.4 Å². The Hall–Kier alpha value is -0.690. The quantitative estimate of drug-likeness (QED) is 0.539. The first-order chi connectivity index (χ1) is 10.8. The lowest BCUT2D eigenvalue weighted by Gasteiger charge is -2.36. The zero-order valence-electron chi connectivity index (χ0n) is 13.9. The summed E-state index contributed by atoms with van der Waals surface area (Å²) in [4.78, 5) is 14.5. The highest BCUT2D eigenvalue weighted by molar-refractivity contribution is 5.75. The monoisotopic (exact) mass is 313 g/mol. The van der Waals surface area contributed by atoms with Gasteiger partial charge in [0, 0.05) is 19.6 Å². The fourth-order valence-corrected chi connectivity index (χ4v) is 2.98. The number of nitrogens with zero attached hydrogens (tertiary/aromatic N) is 2. The number of carbonyl (C=O) groups excluding carboxylic acids is 1. The zero-order valence-corrected chi connectivity index (χ0v) is 13.9. The molecule has 2 aliphatic heterocycles. The van der Waals surface area contributed by atoms with Gasteiger partial charge in [-0.25, -0.2) is 10.4 Å². The molecule has 0 aromatic heterocycles. The van der Waals surface area contributed by atoms with Crippen molar-refractivity contribution in [3.05, 3.63) is 0 Å². The highest BCUT2D eigenvalue weighted by atomic mass is 16.5. The number of hydrazine groups is 1. The Morgan fingerprint density at radius 1 is 1.23 bits per heavy atom. The van der Waals surface area contributed by atoms with Crippen LogP contribution in [0.2, 0.25) is 0 Å². The summed E-state index contributed by atoms with van der Waals surface area (Å²) < 4.78 is 10.8. The molecule has 0 saturated carbocycles. The lowest BCUT2D eigenvalue weighted by molar-refractivity contribution is -0.152. The third-order valence-corrected chi connectivity index (χ3v) is 4.39. The minimum atomic E-state index is -0.0797. The molecule has 1 atom stereocenters. The van der Waals surface area contributed by atoms with E-state index in [1.807, 2.05) is 0 Å². The maximum Gasteiger partial charge on any atom is 0.323 e. The van der Waals surface area contributed by atoms with Gasteiger partial charge in [-0.1, -0.05) is 26.2 Å². The summed E-state index contributed by atoms with van der Waals surface area (Å²) in [7, 11) is 0. The Kier molecular flexibility index (Phi) is 8.15. The molecule has 6 nitrogen and oxygen atoms in total. The van der Waals surface area contributed by atoms with Gasteiger partial charge in [0.2, 0.25) is 0 Å². The van der Waals surface area contributed by atoms with Crippen molar-refractivity contribution < 1.29 is 14.3 Å². The van der Waals surface area contributed by atoms with Crippen LogP contribution in [0.3, 0.4) is 0 Å². The fraction of sp³-hybridized carbons (Fsp3) is 0.938. The third kappa shape index (κ3) is 5.83. The molecule has 128 valence electrons. The number of piperidine rings is 1. The van der Waals surface area contributed by atoms with Crippen LogP contribution in [0.4, 0.5) is 0 Å². The van der Waals surface area contributed by atoms with Crippen LogP contribution < -0.4 is 5.43 Å². The number of hydrogen-bond acceptors (Lipinski definition) is 6. The smallest absolute Gasteiger partial charge is 0.323 e. The molecule has 0 spiro atoms. The van der Waals surface area contributed by atoms with Gasteiger partial charge in [-0.15, -0.1) is 0 Å². The van der Waals surface area contributed by atoms with Gasteiger partial charge in [0.15, 0.2) is 0 Å². The molecule has 0 aromatic carbocycles. The second kappa shape index (κ2) is 10.2. The zero-order chi connectivity index (χ0) is 15.6. The summed E-state index contributed by atoms with van der Waals surface area (Å²) >= 11 is 0. The van der Waals surface area contributed by atoms with Crippen molar-refractivity contribution in [1.82, 2.24) is 15.3 Å². The number of carbonyl (C=O) groups is 1. The Morgan fingerprint density at radius 2 is 2.05 bits per heavy atom. The van der Waals surface area contributed by atoms with Crippen LogP contribution in [-0.2, 0) is 14.3 Å². The van der Waals surface area contributed by atoms with Gasteiger partial charge in [-0.2, -0.15) is 0 Å². The maximum atomic E-state index is 12.3. The number of ether oxygens (including phenoxy) is 2. The van der Waals surface area contributed by atoms with Crippen LogP contribution in [0.15, 0.2) is 0 Å². The largest absolute Gasteiger partial charge is 0.465 e. The molecule has 0 unspecified atom stereocenters. The predicted octanol–water partition coefficient (Wildman–Crippen LogP) is 1.37. The van der Waals surface area contributed by atoms with Crippen LogP contribution in [0, 0.1) is 0 Å². The van der Waals surface area contributed by atoms with E-state index in [1.165, 1.54) is 0 Å². The van der Waals surface area contributed by atoms with Gasteiger partial charge in [0.1, 0.15) is 6.04 Å². The summed E-state index contributed by atoms with van der Waals surface area (Å²) in [5, 5.41) is 2.18. The van der Waals surface area contributed by atoms with Gasteiger partial charge in [0.05, 0.1) is 26.5 Å². The normalized spacial score (nSPS) is 24.3. The number of likely N-dealkylation sites (tertiary alicyclic amines) is 1. The van der Waals surface area contributed by atoms with Gasteiger partial charge in [-0.3, -0.25) is 9.69 Å². The first-order valence-electron chi connectivity index (χ1n) is 8.78. The van der Waals surface area contributed by atoms with E-state index in [9.17, 15) is 4.79 Å². The van der Waals surface area contributed by atoms with Crippen molar-refractivity contribution in [3.8, 4) is 0 Å². The van der Waals surface area contributed by atoms with Crippen molar-refractivity contribution in [2.75, 3.05) is 46.1 Å². The van der Waals surface area contributed by atoms with Gasteiger partial charge in [0.25, 0.3) is 0 Å². The summed E-state index contributed by atoms with van der Waals surface area (Å²) in [6.45, 7) is 7.75. The highest BCUT2D eigenvalue weighted by Crippen LogP contribution is 2.17. The number of unbranched alkanes of at least 4 members (excludes halogenated alkanes) is 2. The number of rotatable bonds is 8. The van der Waals surface area contributed by atoms with Crippen molar-refractivity contribution in [3.63, 3.8) is 0 Å². The summed E-state index contributed by atoms with van der Waals surface area (Å²) in [5.41, 5.74) is 3.42. The molecule has 2 heterocycles. The van der Waals surface area contributed by atoms with Gasteiger partial charge in [-0.05, 0) is 19.3 Å². The van der Waals surface area contributed by atoms with Crippen molar-refractivity contribution >= 4 is 5.97 Å². The molecule has 0 aromatic rings. The average Bonchev–Trinajstić information content (AvgIpc) is 2.58. The van der Waals surface area contributed by atoms with E-state index in [-0.39, 0.29) is 12.0 Å². The van der Waals surface area contributed by atoms with Crippen LogP contribution >= 0.6 is 0 Å². The summed E-state index contributed by atoms with van der Waals surface area (Å²) in [5.74, 6) is -0.0421. The van der Waals surface area contributed by atoms with E-state index in [4.69, 9.17) is 9.47 Å². The summed E-state index contributed by atoms with van der Waals surface area (Å²) in [6.07, 6.45) is 6.43. The predicted molar refractivity (Wildman–Crippen MR) is 85.2 cm³/mol. The molecule has 22 heavy (non-hydrogen) atoms. The Morgan fingerprint density at radius 3 is 2.82 bits per heavy atom. The van der Waals surface area contributed by atoms with E-state index in [0.29, 0.717) is 13.3 Å². The van der Waals surface area contributed by atoms with Crippen LogP contribution in [0.5, 0.6) is 0 Å². The molecule has 0 aliphatic carbocycles. The molecular formula is C16H31N3O3. The minimum Gasteiger partial charge on any atom is -0.465 e. The van der Waals surface area contributed by atoms with Crippen molar-refractivity contribution in [2.24, 2.45) is 0 Å². The highest BCUT2D eigenvalue weighted by Gasteiger charge is 2.30.